The van der Waals surface area contributed by atoms with Crippen LogP contribution < -0.4 is 0 Å². The minimum absolute atomic E-state index is 0.0460. The van der Waals surface area contributed by atoms with Crippen molar-refractivity contribution in [2.24, 2.45) is 4.99 Å². The first kappa shape index (κ1) is 17.1. The normalized spacial score (nSPS) is 13.8. The average Bonchev–Trinajstić information content (AvgIpc) is 2.50. The summed E-state index contributed by atoms with van der Waals surface area (Å²) in [5, 5.41) is 0. The molecule has 0 fully saturated rings. The molecule has 0 aliphatic carbocycles. The predicted octanol–water partition coefficient (Wildman–Crippen LogP) is 2.83. The summed E-state index contributed by atoms with van der Waals surface area (Å²) >= 11 is 0. The van der Waals surface area contributed by atoms with Gasteiger partial charge in [-0.05, 0) is 17.5 Å². The van der Waals surface area contributed by atoms with Crippen molar-refractivity contribution in [2.45, 2.75) is 37.6 Å². The Kier molecular flexibility index (Phi) is 9.20. The van der Waals surface area contributed by atoms with Crippen molar-refractivity contribution in [2.75, 3.05) is 20.8 Å². The second kappa shape index (κ2) is 10.8. The number of aliphatic imine (C=N–C) groups is 1. The smallest absolute Gasteiger partial charge is 0.134 e. The molecule has 0 bridgehead atoms. The molecular formula is C16H27NO2Si. The first-order chi connectivity index (χ1) is 9.80. The van der Waals surface area contributed by atoms with Crippen LogP contribution >= 0.6 is 0 Å². The van der Waals surface area contributed by atoms with Crippen molar-refractivity contribution in [1.29, 1.82) is 0 Å². The summed E-state index contributed by atoms with van der Waals surface area (Å²) in [6.45, 7) is 3.13. The second-order valence-corrected chi connectivity index (χ2v) is 7.32. The topological polar surface area (TPSA) is 30.8 Å². The first-order valence-electron chi connectivity index (χ1n) is 7.40. The molecular weight excluding hydrogens is 266 g/mol. The number of hydrogen-bond acceptors (Lipinski definition) is 3. The fourth-order valence-corrected chi connectivity index (χ4v) is 4.31. The van der Waals surface area contributed by atoms with Gasteiger partial charge in [-0.1, -0.05) is 50.1 Å². The summed E-state index contributed by atoms with van der Waals surface area (Å²) in [6.07, 6.45) is 5.60. The Bertz CT molecular complexity index is 366. The lowest BCUT2D eigenvalue weighted by atomic mass is 10.2. The molecule has 0 N–H and O–H groups in total. The molecule has 0 aliphatic rings. The molecule has 1 aromatic carbocycles. The fourth-order valence-electron chi connectivity index (χ4n) is 2.32. The van der Waals surface area contributed by atoms with Gasteiger partial charge in [0.25, 0.3) is 0 Å². The molecule has 0 aliphatic heterocycles. The van der Waals surface area contributed by atoms with Crippen molar-refractivity contribution in [3.63, 3.8) is 0 Å². The molecule has 1 rings (SSSR count). The van der Waals surface area contributed by atoms with Crippen LogP contribution in [-0.2, 0) is 9.47 Å². The monoisotopic (exact) mass is 293 g/mol. The molecule has 3 nitrogen and oxygen atoms in total. The number of nitrogens with zero attached hydrogens (tertiary/aromatic N) is 1. The Balaban J connectivity index is 2.36. The number of hydrogen-bond donors (Lipinski definition) is 0. The number of ether oxygens (including phenoxy) is 2. The zero-order valence-corrected chi connectivity index (χ0v) is 14.3. The fraction of sp³-hybridized carbons (Fsp3) is 0.562. The number of benzene rings is 1. The summed E-state index contributed by atoms with van der Waals surface area (Å²) in [5.41, 5.74) is 1.92. The van der Waals surface area contributed by atoms with Crippen molar-refractivity contribution >= 4 is 15.7 Å². The summed E-state index contributed by atoms with van der Waals surface area (Å²) in [4.78, 5) is 4.54. The van der Waals surface area contributed by atoms with Crippen molar-refractivity contribution in [3.8, 4) is 0 Å². The van der Waals surface area contributed by atoms with Gasteiger partial charge in [-0.25, -0.2) is 0 Å². The largest absolute Gasteiger partial charge is 0.360 e. The SMILES string of the molecule is CCCC(CCN=Cc1ccccc1)[SiH2]C(OC)OC. The number of methoxy groups -OCH3 is 2. The Morgan fingerprint density at radius 2 is 1.85 bits per heavy atom. The Labute approximate surface area is 125 Å². The van der Waals surface area contributed by atoms with Crippen LogP contribution in [0.15, 0.2) is 35.3 Å². The van der Waals surface area contributed by atoms with E-state index in [4.69, 9.17) is 9.47 Å². The molecule has 0 saturated heterocycles. The molecule has 1 unspecified atom stereocenters. The van der Waals surface area contributed by atoms with E-state index in [1.165, 1.54) is 18.4 Å². The van der Waals surface area contributed by atoms with Crippen LogP contribution in [0.2, 0.25) is 5.54 Å². The summed E-state index contributed by atoms with van der Waals surface area (Å²) in [6, 6.07) is 10.3. The van der Waals surface area contributed by atoms with Crippen molar-refractivity contribution < 1.29 is 9.47 Å². The third kappa shape index (κ3) is 6.98. The van der Waals surface area contributed by atoms with Gasteiger partial charge in [-0.3, -0.25) is 4.99 Å². The average molecular weight is 293 g/mol. The van der Waals surface area contributed by atoms with Crippen LogP contribution in [-0.4, -0.2) is 42.4 Å². The van der Waals surface area contributed by atoms with Crippen LogP contribution in [0.4, 0.5) is 0 Å². The van der Waals surface area contributed by atoms with Gasteiger partial charge >= 0.3 is 0 Å². The molecule has 112 valence electrons. The lowest BCUT2D eigenvalue weighted by Crippen LogP contribution is -2.25. The zero-order chi connectivity index (χ0) is 14.6. The van der Waals surface area contributed by atoms with E-state index < -0.39 is 0 Å². The molecule has 4 heteroatoms. The molecule has 0 aromatic heterocycles. The van der Waals surface area contributed by atoms with E-state index in [2.05, 4.69) is 24.0 Å². The highest BCUT2D eigenvalue weighted by atomic mass is 28.2. The lowest BCUT2D eigenvalue weighted by Gasteiger charge is -2.20. The summed E-state index contributed by atoms with van der Waals surface area (Å²) < 4.78 is 10.7. The van der Waals surface area contributed by atoms with E-state index in [9.17, 15) is 0 Å². The molecule has 0 saturated carbocycles. The first-order valence-corrected chi connectivity index (χ1v) is 9.03. The maximum Gasteiger partial charge on any atom is 0.134 e. The maximum absolute atomic E-state index is 5.35. The van der Waals surface area contributed by atoms with Crippen LogP contribution in [0.5, 0.6) is 0 Å². The highest BCUT2D eigenvalue weighted by molar-refractivity contribution is 6.38. The zero-order valence-electron chi connectivity index (χ0n) is 12.9. The van der Waals surface area contributed by atoms with Crippen LogP contribution in [0.3, 0.4) is 0 Å². The molecule has 0 radical (unpaired) electrons. The van der Waals surface area contributed by atoms with E-state index >= 15 is 0 Å². The maximum atomic E-state index is 5.35. The lowest BCUT2D eigenvalue weighted by molar-refractivity contribution is -0.0449. The van der Waals surface area contributed by atoms with Gasteiger partial charge in [0, 0.05) is 27.0 Å². The molecule has 0 spiro atoms. The molecule has 0 heterocycles. The number of rotatable bonds is 10. The summed E-state index contributed by atoms with van der Waals surface area (Å²) in [7, 11) is 3.09. The third-order valence-corrected chi connectivity index (χ3v) is 5.99. The van der Waals surface area contributed by atoms with Gasteiger partial charge in [0.05, 0.1) is 9.52 Å². The molecule has 20 heavy (non-hydrogen) atoms. The third-order valence-electron chi connectivity index (χ3n) is 3.45. The molecule has 1 aromatic rings. The van der Waals surface area contributed by atoms with E-state index in [0.717, 1.165) is 18.5 Å². The van der Waals surface area contributed by atoms with Gasteiger partial charge in [-0.15, -0.1) is 0 Å². The van der Waals surface area contributed by atoms with E-state index in [-0.39, 0.29) is 15.4 Å². The van der Waals surface area contributed by atoms with Crippen LogP contribution in [0.25, 0.3) is 0 Å². The second-order valence-electron chi connectivity index (χ2n) is 5.03. The highest BCUT2D eigenvalue weighted by Gasteiger charge is 2.15. The van der Waals surface area contributed by atoms with E-state index in [0.29, 0.717) is 0 Å². The van der Waals surface area contributed by atoms with Gasteiger partial charge in [-0.2, -0.15) is 0 Å². The Morgan fingerprint density at radius 1 is 1.15 bits per heavy atom. The Morgan fingerprint density at radius 3 is 2.45 bits per heavy atom. The van der Waals surface area contributed by atoms with Gasteiger partial charge in [0.2, 0.25) is 0 Å². The highest BCUT2D eigenvalue weighted by Crippen LogP contribution is 2.19. The van der Waals surface area contributed by atoms with Gasteiger partial charge < -0.3 is 9.47 Å². The minimum Gasteiger partial charge on any atom is -0.360 e. The van der Waals surface area contributed by atoms with Crippen molar-refractivity contribution in [1.82, 2.24) is 0 Å². The predicted molar refractivity (Wildman–Crippen MR) is 88.5 cm³/mol. The Hall–Kier alpha value is -0.973. The minimum atomic E-state index is -0.381. The summed E-state index contributed by atoms with van der Waals surface area (Å²) in [5.74, 6) is 0.0460. The standard InChI is InChI=1S/C16H27NO2Si/c1-4-8-15(20-16(18-2)19-3)11-12-17-13-14-9-6-5-7-10-14/h5-7,9-10,13,15-16H,4,8,11-12,20H2,1-3H3. The van der Waals surface area contributed by atoms with Crippen LogP contribution in [0.1, 0.15) is 31.7 Å². The molecule has 1 atom stereocenters. The molecule has 0 amide bonds. The van der Waals surface area contributed by atoms with Crippen LogP contribution in [0, 0.1) is 0 Å². The quantitative estimate of drug-likeness (QED) is 0.377. The van der Waals surface area contributed by atoms with Gasteiger partial charge in [0.15, 0.2) is 0 Å². The van der Waals surface area contributed by atoms with Gasteiger partial charge in [0.1, 0.15) is 5.91 Å². The van der Waals surface area contributed by atoms with Crippen molar-refractivity contribution in [3.05, 3.63) is 35.9 Å². The van der Waals surface area contributed by atoms with E-state index in [1.807, 2.05) is 24.4 Å². The van der Waals surface area contributed by atoms with E-state index in [1.54, 1.807) is 14.2 Å².